The molecule has 0 amide bonds. The summed E-state index contributed by atoms with van der Waals surface area (Å²) in [4.78, 5) is 12.2. The van der Waals surface area contributed by atoms with Crippen LogP contribution in [0.1, 0.15) is 63.5 Å². The van der Waals surface area contributed by atoms with Gasteiger partial charge in [0.15, 0.2) is 0 Å². The third-order valence-corrected chi connectivity index (χ3v) is 4.43. The van der Waals surface area contributed by atoms with Crippen molar-refractivity contribution in [2.24, 2.45) is 0 Å². The van der Waals surface area contributed by atoms with Gasteiger partial charge in [0.25, 0.3) is 0 Å². The van der Waals surface area contributed by atoms with Gasteiger partial charge in [0.2, 0.25) is 0 Å². The van der Waals surface area contributed by atoms with E-state index >= 15 is 0 Å². The molecule has 1 unspecified atom stereocenters. The lowest BCUT2D eigenvalue weighted by atomic mass is 9.97. The second-order valence-corrected chi connectivity index (χ2v) is 6.24. The van der Waals surface area contributed by atoms with E-state index in [9.17, 15) is 4.79 Å². The Kier molecular flexibility index (Phi) is 6.64. The van der Waals surface area contributed by atoms with Gasteiger partial charge >= 0.3 is 5.97 Å². The number of fused-ring (bicyclic) bond motifs is 1. The summed E-state index contributed by atoms with van der Waals surface area (Å²) in [5, 5.41) is 2.41. The molecule has 0 radical (unpaired) electrons. The van der Waals surface area contributed by atoms with Crippen LogP contribution in [-0.4, -0.2) is 12.6 Å². The minimum Gasteiger partial charge on any atom is -0.465 e. The number of unbranched alkanes of at least 4 members (excludes halogenated alkanes) is 3. The maximum Gasteiger partial charge on any atom is 0.313 e. The Bertz CT molecular complexity index is 645. The number of rotatable bonds is 8. The molecule has 0 spiro atoms. The summed E-state index contributed by atoms with van der Waals surface area (Å²) >= 11 is 0. The van der Waals surface area contributed by atoms with Gasteiger partial charge in [-0.15, -0.1) is 0 Å². The Morgan fingerprint density at radius 2 is 1.74 bits per heavy atom. The average Bonchev–Trinajstić information content (AvgIpc) is 2.59. The SMILES string of the molecule is CCCCCCOC(=O)C(C)c1ccc2cc(CC)ccc2c1. The lowest BCUT2D eigenvalue weighted by Gasteiger charge is -2.13. The van der Waals surface area contributed by atoms with Crippen LogP contribution in [0.4, 0.5) is 0 Å². The fourth-order valence-corrected chi connectivity index (χ4v) is 2.77. The van der Waals surface area contributed by atoms with E-state index in [0.29, 0.717) is 6.61 Å². The maximum absolute atomic E-state index is 12.2. The lowest BCUT2D eigenvalue weighted by Crippen LogP contribution is -2.14. The zero-order chi connectivity index (χ0) is 16.7. The highest BCUT2D eigenvalue weighted by molar-refractivity contribution is 5.86. The number of hydrogen-bond donors (Lipinski definition) is 0. The average molecular weight is 312 g/mol. The second kappa shape index (κ2) is 8.71. The normalized spacial score (nSPS) is 12.3. The predicted octanol–water partition coefficient (Wildman–Crippen LogP) is 5.63. The highest BCUT2D eigenvalue weighted by Crippen LogP contribution is 2.24. The second-order valence-electron chi connectivity index (χ2n) is 6.24. The first-order chi connectivity index (χ1) is 11.2. The third-order valence-electron chi connectivity index (χ3n) is 4.43. The summed E-state index contributed by atoms with van der Waals surface area (Å²) in [7, 11) is 0. The van der Waals surface area contributed by atoms with E-state index in [1.54, 1.807) is 0 Å². The number of benzene rings is 2. The minimum absolute atomic E-state index is 0.119. The van der Waals surface area contributed by atoms with Crippen LogP contribution in [0.25, 0.3) is 10.8 Å². The monoisotopic (exact) mass is 312 g/mol. The Morgan fingerprint density at radius 3 is 2.48 bits per heavy atom. The Balaban J connectivity index is 1.99. The van der Waals surface area contributed by atoms with E-state index < -0.39 is 0 Å². The Morgan fingerprint density at radius 1 is 1.00 bits per heavy atom. The molecule has 1 atom stereocenters. The molecule has 0 aliphatic heterocycles. The molecule has 23 heavy (non-hydrogen) atoms. The van der Waals surface area contributed by atoms with Crippen LogP contribution in [0.2, 0.25) is 0 Å². The molecule has 0 bridgehead atoms. The van der Waals surface area contributed by atoms with Crippen LogP contribution >= 0.6 is 0 Å². The van der Waals surface area contributed by atoms with E-state index in [4.69, 9.17) is 4.74 Å². The summed E-state index contributed by atoms with van der Waals surface area (Å²) in [5.41, 5.74) is 2.37. The van der Waals surface area contributed by atoms with Crippen LogP contribution < -0.4 is 0 Å². The van der Waals surface area contributed by atoms with E-state index in [1.165, 1.54) is 29.2 Å². The third kappa shape index (κ3) is 4.82. The van der Waals surface area contributed by atoms with Crippen molar-refractivity contribution in [3.63, 3.8) is 0 Å². The van der Waals surface area contributed by atoms with Crippen molar-refractivity contribution >= 4 is 16.7 Å². The van der Waals surface area contributed by atoms with Gasteiger partial charge in [-0.05, 0) is 41.7 Å². The van der Waals surface area contributed by atoms with Gasteiger partial charge in [-0.2, -0.15) is 0 Å². The highest BCUT2D eigenvalue weighted by atomic mass is 16.5. The fourth-order valence-electron chi connectivity index (χ4n) is 2.77. The van der Waals surface area contributed by atoms with E-state index in [-0.39, 0.29) is 11.9 Å². The Labute approximate surface area is 139 Å². The molecule has 0 heterocycles. The molecule has 124 valence electrons. The summed E-state index contributed by atoms with van der Waals surface area (Å²) in [5.74, 6) is -0.331. The van der Waals surface area contributed by atoms with Crippen molar-refractivity contribution < 1.29 is 9.53 Å². The molecule has 0 fully saturated rings. The molecular weight excluding hydrogens is 284 g/mol. The van der Waals surface area contributed by atoms with E-state index in [1.807, 2.05) is 13.0 Å². The molecule has 2 aromatic carbocycles. The molecule has 0 saturated carbocycles. The standard InChI is InChI=1S/C21H28O2/c1-4-6-7-8-13-23-21(22)16(3)18-11-12-19-14-17(5-2)9-10-20(19)15-18/h9-12,14-16H,4-8,13H2,1-3H3. The van der Waals surface area contributed by atoms with E-state index in [0.717, 1.165) is 24.8 Å². The highest BCUT2D eigenvalue weighted by Gasteiger charge is 2.17. The molecule has 0 aromatic heterocycles. The van der Waals surface area contributed by atoms with Gasteiger partial charge in [0.1, 0.15) is 0 Å². The minimum atomic E-state index is -0.212. The molecule has 2 nitrogen and oxygen atoms in total. The molecule has 2 rings (SSSR count). The molecule has 0 aliphatic carbocycles. The van der Waals surface area contributed by atoms with Crippen molar-refractivity contribution in [1.29, 1.82) is 0 Å². The zero-order valence-electron chi connectivity index (χ0n) is 14.6. The van der Waals surface area contributed by atoms with Crippen LogP contribution in [0.3, 0.4) is 0 Å². The van der Waals surface area contributed by atoms with Crippen molar-refractivity contribution in [3.8, 4) is 0 Å². The fraction of sp³-hybridized carbons (Fsp3) is 0.476. The molecular formula is C21H28O2. The summed E-state index contributed by atoms with van der Waals surface area (Å²) in [6.07, 6.45) is 5.54. The van der Waals surface area contributed by atoms with Crippen molar-refractivity contribution in [3.05, 3.63) is 47.5 Å². The van der Waals surface area contributed by atoms with Crippen molar-refractivity contribution in [2.45, 2.75) is 58.8 Å². The topological polar surface area (TPSA) is 26.3 Å². The first-order valence-corrected chi connectivity index (χ1v) is 8.85. The van der Waals surface area contributed by atoms with Gasteiger partial charge in [0.05, 0.1) is 12.5 Å². The molecule has 0 N–H and O–H groups in total. The van der Waals surface area contributed by atoms with Gasteiger partial charge in [-0.1, -0.05) is 69.5 Å². The lowest BCUT2D eigenvalue weighted by molar-refractivity contribution is -0.145. The number of ether oxygens (including phenoxy) is 1. The van der Waals surface area contributed by atoms with Crippen LogP contribution in [0, 0.1) is 0 Å². The summed E-state index contributed by atoms with van der Waals surface area (Å²) in [6, 6.07) is 12.8. The van der Waals surface area contributed by atoms with Crippen LogP contribution in [0.15, 0.2) is 36.4 Å². The molecule has 2 heteroatoms. The number of aryl methyl sites for hydroxylation is 1. The first kappa shape index (κ1) is 17.5. The molecule has 2 aromatic rings. The van der Waals surface area contributed by atoms with E-state index in [2.05, 4.69) is 44.2 Å². The van der Waals surface area contributed by atoms with Gasteiger partial charge in [-0.25, -0.2) is 0 Å². The largest absolute Gasteiger partial charge is 0.465 e. The van der Waals surface area contributed by atoms with Gasteiger partial charge in [0, 0.05) is 0 Å². The number of esters is 1. The first-order valence-electron chi connectivity index (χ1n) is 8.85. The molecule has 0 aliphatic rings. The van der Waals surface area contributed by atoms with Gasteiger partial charge < -0.3 is 4.74 Å². The Hall–Kier alpha value is -1.83. The smallest absolute Gasteiger partial charge is 0.313 e. The number of hydrogen-bond acceptors (Lipinski definition) is 2. The maximum atomic E-state index is 12.2. The van der Waals surface area contributed by atoms with Crippen molar-refractivity contribution in [1.82, 2.24) is 0 Å². The zero-order valence-corrected chi connectivity index (χ0v) is 14.6. The number of carbonyl (C=O) groups is 1. The molecule has 0 saturated heterocycles. The number of carbonyl (C=O) groups excluding carboxylic acids is 1. The van der Waals surface area contributed by atoms with Crippen LogP contribution in [0.5, 0.6) is 0 Å². The van der Waals surface area contributed by atoms with Crippen LogP contribution in [-0.2, 0) is 16.0 Å². The quantitative estimate of drug-likeness (QED) is 0.466. The van der Waals surface area contributed by atoms with Gasteiger partial charge in [-0.3, -0.25) is 4.79 Å². The summed E-state index contributed by atoms with van der Waals surface area (Å²) < 4.78 is 5.41. The summed E-state index contributed by atoms with van der Waals surface area (Å²) in [6.45, 7) is 6.80. The van der Waals surface area contributed by atoms with Crippen molar-refractivity contribution in [2.75, 3.05) is 6.61 Å². The predicted molar refractivity (Wildman–Crippen MR) is 96.8 cm³/mol.